The monoisotopic (exact) mass is 357 g/mol. The number of hydrogen-bond donors (Lipinski definition) is 1. The van der Waals surface area contributed by atoms with Gasteiger partial charge in [-0.1, -0.05) is 54.1 Å². The summed E-state index contributed by atoms with van der Waals surface area (Å²) >= 11 is 6.10. The van der Waals surface area contributed by atoms with E-state index in [-0.39, 0.29) is 5.91 Å². The predicted molar refractivity (Wildman–Crippen MR) is 103 cm³/mol. The largest absolute Gasteiger partial charge is 0.324 e. The SMILES string of the molecule is O=C(CN1CCCN(Cc2ccccc2)CC1)Nc1ccccc1Cl. The van der Waals surface area contributed by atoms with E-state index in [0.717, 1.165) is 39.1 Å². The van der Waals surface area contributed by atoms with Crippen molar-refractivity contribution in [2.45, 2.75) is 13.0 Å². The molecule has 0 bridgehead atoms. The number of para-hydroxylation sites is 1. The molecule has 0 atom stereocenters. The first-order valence-electron chi connectivity index (χ1n) is 8.74. The van der Waals surface area contributed by atoms with Crippen LogP contribution < -0.4 is 5.32 Å². The van der Waals surface area contributed by atoms with E-state index in [2.05, 4.69) is 39.4 Å². The average Bonchev–Trinajstić information content (AvgIpc) is 2.83. The van der Waals surface area contributed by atoms with Crippen LogP contribution in [0.25, 0.3) is 0 Å². The first-order chi connectivity index (χ1) is 12.2. The highest BCUT2D eigenvalue weighted by molar-refractivity contribution is 6.33. The van der Waals surface area contributed by atoms with Crippen molar-refractivity contribution in [2.24, 2.45) is 0 Å². The van der Waals surface area contributed by atoms with Crippen molar-refractivity contribution in [1.29, 1.82) is 0 Å². The zero-order valence-corrected chi connectivity index (χ0v) is 15.1. The fraction of sp³-hybridized carbons (Fsp3) is 0.350. The summed E-state index contributed by atoms with van der Waals surface area (Å²) in [5.74, 6) is -0.00962. The molecule has 2 aromatic carbocycles. The summed E-state index contributed by atoms with van der Waals surface area (Å²) in [5.41, 5.74) is 2.02. The highest BCUT2D eigenvalue weighted by atomic mass is 35.5. The van der Waals surface area contributed by atoms with Crippen molar-refractivity contribution >= 4 is 23.2 Å². The highest BCUT2D eigenvalue weighted by Crippen LogP contribution is 2.20. The molecule has 1 amide bonds. The molecule has 2 aromatic rings. The van der Waals surface area contributed by atoms with Gasteiger partial charge < -0.3 is 5.32 Å². The van der Waals surface area contributed by atoms with Crippen LogP contribution >= 0.6 is 11.6 Å². The van der Waals surface area contributed by atoms with Gasteiger partial charge in [0.05, 0.1) is 17.3 Å². The van der Waals surface area contributed by atoms with Crippen molar-refractivity contribution in [3.63, 3.8) is 0 Å². The molecule has 132 valence electrons. The van der Waals surface area contributed by atoms with Crippen LogP contribution in [0.2, 0.25) is 5.02 Å². The lowest BCUT2D eigenvalue weighted by molar-refractivity contribution is -0.117. The molecule has 25 heavy (non-hydrogen) atoms. The van der Waals surface area contributed by atoms with Gasteiger partial charge in [0.15, 0.2) is 0 Å². The first kappa shape index (κ1) is 17.9. The minimum atomic E-state index is -0.00962. The topological polar surface area (TPSA) is 35.6 Å². The number of rotatable bonds is 5. The van der Waals surface area contributed by atoms with Gasteiger partial charge in [-0.2, -0.15) is 0 Å². The molecular formula is C20H24ClN3O. The van der Waals surface area contributed by atoms with Gasteiger partial charge in [0.1, 0.15) is 0 Å². The number of halogens is 1. The van der Waals surface area contributed by atoms with Crippen LogP contribution in [0, 0.1) is 0 Å². The van der Waals surface area contributed by atoms with Crippen LogP contribution in [-0.4, -0.2) is 48.4 Å². The van der Waals surface area contributed by atoms with Gasteiger partial charge in [-0.3, -0.25) is 14.6 Å². The van der Waals surface area contributed by atoms with Crippen molar-refractivity contribution in [1.82, 2.24) is 9.80 Å². The van der Waals surface area contributed by atoms with Crippen LogP contribution in [0.4, 0.5) is 5.69 Å². The van der Waals surface area contributed by atoms with Gasteiger partial charge in [0.25, 0.3) is 0 Å². The fourth-order valence-corrected chi connectivity index (χ4v) is 3.32. The molecule has 1 fully saturated rings. The zero-order valence-electron chi connectivity index (χ0n) is 14.3. The van der Waals surface area contributed by atoms with Gasteiger partial charge in [0.2, 0.25) is 5.91 Å². The van der Waals surface area contributed by atoms with E-state index >= 15 is 0 Å². The molecule has 1 saturated heterocycles. The van der Waals surface area contributed by atoms with E-state index in [0.29, 0.717) is 17.3 Å². The number of carbonyl (C=O) groups excluding carboxylic acids is 1. The number of anilines is 1. The molecule has 5 heteroatoms. The van der Waals surface area contributed by atoms with Crippen LogP contribution in [0.1, 0.15) is 12.0 Å². The van der Waals surface area contributed by atoms with Crippen molar-refractivity contribution < 1.29 is 4.79 Å². The summed E-state index contributed by atoms with van der Waals surface area (Å²) in [7, 11) is 0. The van der Waals surface area contributed by atoms with E-state index in [1.807, 2.05) is 24.3 Å². The Hall–Kier alpha value is -1.88. The van der Waals surface area contributed by atoms with Crippen LogP contribution in [0.3, 0.4) is 0 Å². The Labute approximate surface area is 154 Å². The van der Waals surface area contributed by atoms with Crippen LogP contribution in [0.15, 0.2) is 54.6 Å². The van der Waals surface area contributed by atoms with Crippen molar-refractivity contribution in [3.05, 3.63) is 65.2 Å². The maximum Gasteiger partial charge on any atom is 0.238 e. The van der Waals surface area contributed by atoms with Crippen molar-refractivity contribution in [3.8, 4) is 0 Å². The second kappa shape index (κ2) is 8.99. The molecule has 3 rings (SSSR count). The second-order valence-corrected chi connectivity index (χ2v) is 6.83. The molecule has 0 aromatic heterocycles. The summed E-state index contributed by atoms with van der Waals surface area (Å²) in [4.78, 5) is 17.0. The molecule has 1 aliphatic rings. The number of amides is 1. The Bertz CT molecular complexity index is 692. The summed E-state index contributed by atoms with van der Waals surface area (Å²) in [5, 5.41) is 3.47. The molecule has 0 radical (unpaired) electrons. The number of hydrogen-bond acceptors (Lipinski definition) is 3. The van der Waals surface area contributed by atoms with Gasteiger partial charge in [-0.05, 0) is 37.2 Å². The summed E-state index contributed by atoms with van der Waals surface area (Å²) in [6.07, 6.45) is 1.08. The molecule has 4 nitrogen and oxygen atoms in total. The van der Waals surface area contributed by atoms with E-state index in [1.54, 1.807) is 6.07 Å². The van der Waals surface area contributed by atoms with Crippen LogP contribution in [-0.2, 0) is 11.3 Å². The Morgan fingerprint density at radius 1 is 0.920 bits per heavy atom. The van der Waals surface area contributed by atoms with Crippen molar-refractivity contribution in [2.75, 3.05) is 38.0 Å². The smallest absolute Gasteiger partial charge is 0.238 e. The van der Waals surface area contributed by atoms with Crippen LogP contribution in [0.5, 0.6) is 0 Å². The Morgan fingerprint density at radius 2 is 1.60 bits per heavy atom. The lowest BCUT2D eigenvalue weighted by Gasteiger charge is -2.21. The molecule has 0 spiro atoms. The molecule has 0 aliphatic carbocycles. The first-order valence-corrected chi connectivity index (χ1v) is 9.11. The predicted octanol–water partition coefficient (Wildman–Crippen LogP) is 3.49. The number of nitrogens with zero attached hydrogens (tertiary/aromatic N) is 2. The van der Waals surface area contributed by atoms with E-state index in [4.69, 9.17) is 11.6 Å². The van der Waals surface area contributed by atoms with Gasteiger partial charge >= 0.3 is 0 Å². The third-order valence-corrected chi connectivity index (χ3v) is 4.77. The third kappa shape index (κ3) is 5.56. The molecule has 0 unspecified atom stereocenters. The minimum Gasteiger partial charge on any atom is -0.324 e. The minimum absolute atomic E-state index is 0.00962. The maximum atomic E-state index is 12.3. The third-order valence-electron chi connectivity index (χ3n) is 4.45. The quantitative estimate of drug-likeness (QED) is 0.889. The Kier molecular flexibility index (Phi) is 6.45. The van der Waals surface area contributed by atoms with Gasteiger partial charge in [0, 0.05) is 19.6 Å². The maximum absolute atomic E-state index is 12.3. The summed E-state index contributed by atoms with van der Waals surface area (Å²) in [6.45, 7) is 5.28. The Balaban J connectivity index is 1.48. The molecule has 0 saturated carbocycles. The zero-order chi connectivity index (χ0) is 17.5. The van der Waals surface area contributed by atoms with E-state index in [9.17, 15) is 4.79 Å². The van der Waals surface area contributed by atoms with E-state index < -0.39 is 0 Å². The second-order valence-electron chi connectivity index (χ2n) is 6.42. The Morgan fingerprint density at radius 3 is 2.40 bits per heavy atom. The lowest BCUT2D eigenvalue weighted by Crippen LogP contribution is -2.36. The summed E-state index contributed by atoms with van der Waals surface area (Å²) < 4.78 is 0. The summed E-state index contributed by atoms with van der Waals surface area (Å²) in [6, 6.07) is 17.9. The average molecular weight is 358 g/mol. The molecule has 1 aliphatic heterocycles. The van der Waals surface area contributed by atoms with Gasteiger partial charge in [-0.25, -0.2) is 0 Å². The fourth-order valence-electron chi connectivity index (χ4n) is 3.14. The number of nitrogens with one attached hydrogen (secondary N) is 1. The molecule has 1 N–H and O–H groups in total. The standard InChI is InChI=1S/C20H24ClN3O/c21-18-9-4-5-10-19(18)22-20(25)16-24-12-6-11-23(13-14-24)15-17-7-2-1-3-8-17/h1-5,7-10H,6,11-16H2,(H,22,25). The molecular weight excluding hydrogens is 334 g/mol. The highest BCUT2D eigenvalue weighted by Gasteiger charge is 2.17. The lowest BCUT2D eigenvalue weighted by atomic mass is 10.2. The number of benzene rings is 2. The number of carbonyl (C=O) groups is 1. The van der Waals surface area contributed by atoms with Gasteiger partial charge in [-0.15, -0.1) is 0 Å². The van der Waals surface area contributed by atoms with E-state index in [1.165, 1.54) is 5.56 Å². The molecule has 1 heterocycles. The normalized spacial score (nSPS) is 16.4.